The topological polar surface area (TPSA) is 23.5 Å². The van der Waals surface area contributed by atoms with Gasteiger partial charge in [0.25, 0.3) is 0 Å². The van der Waals surface area contributed by atoms with Gasteiger partial charge in [-0.1, -0.05) is 38.1 Å². The highest BCUT2D eigenvalue weighted by molar-refractivity contribution is 5.30. The van der Waals surface area contributed by atoms with Crippen molar-refractivity contribution < 1.29 is 5.11 Å². The van der Waals surface area contributed by atoms with Crippen LogP contribution in [0.3, 0.4) is 0 Å². The van der Waals surface area contributed by atoms with Gasteiger partial charge in [-0.05, 0) is 36.9 Å². The maximum atomic E-state index is 10.7. The first kappa shape index (κ1) is 12.6. The van der Waals surface area contributed by atoms with E-state index in [-0.39, 0.29) is 0 Å². The minimum Gasteiger partial charge on any atom is -0.385 e. The first-order valence-corrected chi connectivity index (χ1v) is 6.53. The van der Waals surface area contributed by atoms with Crippen molar-refractivity contribution >= 4 is 0 Å². The number of nitrogens with zero attached hydrogens (tertiary/aromatic N) is 1. The minimum atomic E-state index is -0.614. The van der Waals surface area contributed by atoms with Crippen LogP contribution in [-0.2, 0) is 5.60 Å². The van der Waals surface area contributed by atoms with Crippen molar-refractivity contribution in [2.75, 3.05) is 20.1 Å². The molecule has 1 saturated heterocycles. The fourth-order valence-corrected chi connectivity index (χ4v) is 2.46. The molecule has 2 nitrogen and oxygen atoms in total. The predicted octanol–water partition coefficient (Wildman–Crippen LogP) is 2.72. The molecule has 1 aliphatic rings. The molecule has 0 unspecified atom stereocenters. The molecule has 1 N–H and O–H groups in total. The summed E-state index contributed by atoms with van der Waals surface area (Å²) in [5, 5.41) is 10.7. The molecule has 0 aliphatic carbocycles. The lowest BCUT2D eigenvalue weighted by Gasteiger charge is -2.37. The molecule has 0 aromatic heterocycles. The largest absolute Gasteiger partial charge is 0.385 e. The number of likely N-dealkylation sites (tertiary alicyclic amines) is 1. The number of piperidine rings is 1. The van der Waals surface area contributed by atoms with E-state index in [0.29, 0.717) is 5.92 Å². The average molecular weight is 233 g/mol. The van der Waals surface area contributed by atoms with E-state index in [1.54, 1.807) is 0 Å². The molecule has 17 heavy (non-hydrogen) atoms. The summed E-state index contributed by atoms with van der Waals surface area (Å²) in [6.07, 6.45) is 1.68. The second-order valence-corrected chi connectivity index (χ2v) is 5.62. The fourth-order valence-electron chi connectivity index (χ4n) is 2.46. The van der Waals surface area contributed by atoms with E-state index in [2.05, 4.69) is 50.1 Å². The Kier molecular flexibility index (Phi) is 3.55. The van der Waals surface area contributed by atoms with Crippen LogP contribution in [0.5, 0.6) is 0 Å². The number of benzene rings is 1. The molecule has 0 spiro atoms. The van der Waals surface area contributed by atoms with Gasteiger partial charge in [-0.15, -0.1) is 0 Å². The molecule has 94 valence electrons. The maximum Gasteiger partial charge on any atom is 0.0921 e. The van der Waals surface area contributed by atoms with E-state index in [9.17, 15) is 5.11 Å². The van der Waals surface area contributed by atoms with E-state index in [1.165, 1.54) is 5.56 Å². The Labute approximate surface area is 104 Å². The highest BCUT2D eigenvalue weighted by Gasteiger charge is 2.32. The summed E-state index contributed by atoms with van der Waals surface area (Å²) >= 11 is 0. The highest BCUT2D eigenvalue weighted by Crippen LogP contribution is 2.33. The molecular formula is C15H23NO. The molecule has 0 amide bonds. The Morgan fingerprint density at radius 1 is 1.24 bits per heavy atom. The van der Waals surface area contributed by atoms with Gasteiger partial charge in [-0.2, -0.15) is 0 Å². The third-order valence-corrected chi connectivity index (χ3v) is 3.90. The van der Waals surface area contributed by atoms with Gasteiger partial charge in [0.15, 0.2) is 0 Å². The van der Waals surface area contributed by atoms with Gasteiger partial charge in [0.2, 0.25) is 0 Å². The lowest BCUT2D eigenvalue weighted by molar-refractivity contribution is -0.0203. The summed E-state index contributed by atoms with van der Waals surface area (Å²) in [5.41, 5.74) is 1.80. The van der Waals surface area contributed by atoms with E-state index in [0.717, 1.165) is 31.5 Å². The summed E-state index contributed by atoms with van der Waals surface area (Å²) in [7, 11) is 2.12. The molecule has 2 heteroatoms. The van der Waals surface area contributed by atoms with Crippen molar-refractivity contribution in [2.45, 2.75) is 38.2 Å². The molecule has 1 fully saturated rings. The van der Waals surface area contributed by atoms with E-state index >= 15 is 0 Å². The van der Waals surface area contributed by atoms with Crippen molar-refractivity contribution in [3.05, 3.63) is 35.4 Å². The van der Waals surface area contributed by atoms with Crippen LogP contribution in [0.2, 0.25) is 0 Å². The molecule has 0 atom stereocenters. The zero-order chi connectivity index (χ0) is 12.5. The van der Waals surface area contributed by atoms with Crippen molar-refractivity contribution in [2.24, 2.45) is 0 Å². The zero-order valence-electron chi connectivity index (χ0n) is 11.1. The Bertz CT molecular complexity index is 378. The first-order chi connectivity index (χ1) is 8.01. The number of hydrogen-bond donors (Lipinski definition) is 1. The van der Waals surface area contributed by atoms with Crippen molar-refractivity contribution in [1.29, 1.82) is 0 Å². The van der Waals surface area contributed by atoms with Crippen molar-refractivity contribution in [1.82, 2.24) is 4.90 Å². The highest BCUT2D eigenvalue weighted by atomic mass is 16.3. The van der Waals surface area contributed by atoms with Gasteiger partial charge >= 0.3 is 0 Å². The predicted molar refractivity (Wildman–Crippen MR) is 71.2 cm³/mol. The summed E-state index contributed by atoms with van der Waals surface area (Å²) in [4.78, 5) is 2.28. The van der Waals surface area contributed by atoms with Gasteiger partial charge in [0, 0.05) is 13.1 Å². The Balaban J connectivity index is 2.24. The summed E-state index contributed by atoms with van der Waals surface area (Å²) in [5.74, 6) is 0.518. The van der Waals surface area contributed by atoms with Crippen LogP contribution in [-0.4, -0.2) is 30.1 Å². The van der Waals surface area contributed by atoms with E-state index in [1.807, 2.05) is 0 Å². The SMILES string of the molecule is CC(C)c1cccc(C2(O)CCN(C)CC2)c1. The van der Waals surface area contributed by atoms with Crippen LogP contribution in [0.1, 0.15) is 43.7 Å². The number of rotatable bonds is 2. The van der Waals surface area contributed by atoms with Gasteiger partial charge in [-0.3, -0.25) is 0 Å². The maximum absolute atomic E-state index is 10.7. The van der Waals surface area contributed by atoms with Crippen LogP contribution in [0.15, 0.2) is 24.3 Å². The molecule has 0 bridgehead atoms. The standard InChI is InChI=1S/C15H23NO/c1-12(2)13-5-4-6-14(11-13)15(17)7-9-16(3)10-8-15/h4-6,11-12,17H,7-10H2,1-3H3. The third-order valence-electron chi connectivity index (χ3n) is 3.90. The molecule has 0 saturated carbocycles. The summed E-state index contributed by atoms with van der Waals surface area (Å²) in [6.45, 7) is 6.33. The summed E-state index contributed by atoms with van der Waals surface area (Å²) < 4.78 is 0. The fraction of sp³-hybridized carbons (Fsp3) is 0.600. The molecule has 1 heterocycles. The molecule has 1 aromatic carbocycles. The molecule has 1 aromatic rings. The molecule has 1 aliphatic heterocycles. The molecule has 0 radical (unpaired) electrons. The van der Waals surface area contributed by atoms with E-state index in [4.69, 9.17) is 0 Å². The van der Waals surface area contributed by atoms with Crippen LogP contribution in [0.4, 0.5) is 0 Å². The van der Waals surface area contributed by atoms with Crippen LogP contribution in [0.25, 0.3) is 0 Å². The minimum absolute atomic E-state index is 0.518. The van der Waals surface area contributed by atoms with Crippen LogP contribution >= 0.6 is 0 Å². The molecular weight excluding hydrogens is 210 g/mol. The van der Waals surface area contributed by atoms with Gasteiger partial charge in [-0.25, -0.2) is 0 Å². The first-order valence-electron chi connectivity index (χ1n) is 6.53. The monoisotopic (exact) mass is 233 g/mol. The second-order valence-electron chi connectivity index (χ2n) is 5.62. The van der Waals surface area contributed by atoms with E-state index < -0.39 is 5.60 Å². The average Bonchev–Trinajstić information content (AvgIpc) is 2.33. The van der Waals surface area contributed by atoms with Gasteiger partial charge in [0.05, 0.1) is 5.60 Å². The lowest BCUT2D eigenvalue weighted by Crippen LogP contribution is -2.40. The van der Waals surface area contributed by atoms with Crippen LogP contribution < -0.4 is 0 Å². The zero-order valence-corrected chi connectivity index (χ0v) is 11.1. The third kappa shape index (κ3) is 2.70. The van der Waals surface area contributed by atoms with Gasteiger partial charge in [0.1, 0.15) is 0 Å². The normalized spacial score (nSPS) is 20.8. The lowest BCUT2D eigenvalue weighted by atomic mass is 9.83. The Morgan fingerprint density at radius 2 is 1.88 bits per heavy atom. The number of hydrogen-bond acceptors (Lipinski definition) is 2. The van der Waals surface area contributed by atoms with Crippen molar-refractivity contribution in [3.63, 3.8) is 0 Å². The second kappa shape index (κ2) is 4.79. The van der Waals surface area contributed by atoms with Gasteiger partial charge < -0.3 is 10.0 Å². The summed E-state index contributed by atoms with van der Waals surface area (Å²) in [6, 6.07) is 8.46. The quantitative estimate of drug-likeness (QED) is 0.849. The Hall–Kier alpha value is -0.860. The molecule has 2 rings (SSSR count). The Morgan fingerprint density at radius 3 is 2.47 bits per heavy atom. The number of aliphatic hydroxyl groups is 1. The van der Waals surface area contributed by atoms with Crippen LogP contribution in [0, 0.1) is 0 Å². The van der Waals surface area contributed by atoms with Crippen molar-refractivity contribution in [3.8, 4) is 0 Å². The smallest absolute Gasteiger partial charge is 0.0921 e.